The first-order valence-corrected chi connectivity index (χ1v) is 1.54. The smallest absolute Gasteiger partial charge is 0.652 e. The maximum absolute atomic E-state index is 9.00. The minimum absolute atomic E-state index is 0. The Morgan fingerprint density at radius 1 is 1.20 bits per heavy atom. The van der Waals surface area contributed by atoms with Crippen LogP contribution in [0.15, 0.2) is 0 Å². The van der Waals surface area contributed by atoms with Crippen molar-refractivity contribution in [2.45, 2.75) is 6.92 Å². The summed E-state index contributed by atoms with van der Waals surface area (Å²) in [6.07, 6.45) is -2.33. The zero-order chi connectivity index (χ0) is 7.15. The van der Waals surface area contributed by atoms with Gasteiger partial charge in [-0.2, -0.15) is 0 Å². The predicted octanol–water partition coefficient (Wildman–Crippen LogP) is -8.35. The number of carbonyl (C=O) groups is 2. The zero-order valence-electron chi connectivity index (χ0n) is 6.08. The second-order valence-corrected chi connectivity index (χ2v) is 0.769. The van der Waals surface area contributed by atoms with Crippen molar-refractivity contribution in [1.29, 1.82) is 0 Å². The molecule has 0 spiro atoms. The molecule has 1 N–H and O–H groups in total. The van der Waals surface area contributed by atoms with Gasteiger partial charge in [0.05, 0.1) is 0 Å². The second kappa shape index (κ2) is 16.0. The van der Waals surface area contributed by atoms with Gasteiger partial charge in [-0.1, -0.05) is 0 Å². The largest absolute Gasteiger partial charge is 1.00 e. The van der Waals surface area contributed by atoms with E-state index in [1.54, 1.807) is 0 Å². The standard InChI is InChI=1S/C2H4O2.CH2O3.2Li/c1-2(3)4;2-1(3)4;;/h1H3,(H,3,4);(H2,2,3,4);;/q;;2*+1/p-2. The van der Waals surface area contributed by atoms with E-state index in [9.17, 15) is 0 Å². The first-order chi connectivity index (χ1) is 3.46. The molecule has 0 amide bonds. The van der Waals surface area contributed by atoms with Crippen molar-refractivity contribution < 1.29 is 62.6 Å². The summed E-state index contributed by atoms with van der Waals surface area (Å²) in [6.45, 7) is 1.08. The molecule has 0 aliphatic carbocycles. The molecule has 0 aromatic rings. The molecule has 5 nitrogen and oxygen atoms in total. The summed E-state index contributed by atoms with van der Waals surface area (Å²) in [5.41, 5.74) is 0. The van der Waals surface area contributed by atoms with E-state index >= 15 is 0 Å². The Kier molecular flexibility index (Phi) is 36.0. The van der Waals surface area contributed by atoms with E-state index in [1.165, 1.54) is 0 Å². The van der Waals surface area contributed by atoms with Crippen LogP contribution in [0.5, 0.6) is 0 Å². The van der Waals surface area contributed by atoms with Gasteiger partial charge >= 0.3 is 37.7 Å². The maximum Gasteiger partial charge on any atom is 1.00 e. The van der Waals surface area contributed by atoms with E-state index in [4.69, 9.17) is 24.9 Å². The minimum Gasteiger partial charge on any atom is -0.652 e. The van der Waals surface area contributed by atoms with E-state index < -0.39 is 12.1 Å². The van der Waals surface area contributed by atoms with Crippen LogP contribution >= 0.6 is 0 Å². The zero-order valence-corrected chi connectivity index (χ0v) is 6.08. The summed E-state index contributed by atoms with van der Waals surface area (Å²) in [7, 11) is 0. The van der Waals surface area contributed by atoms with Crippen molar-refractivity contribution in [3.05, 3.63) is 0 Å². The summed E-state index contributed by atoms with van der Waals surface area (Å²) < 4.78 is 0. The van der Waals surface area contributed by atoms with Crippen LogP contribution < -0.4 is 47.9 Å². The van der Waals surface area contributed by atoms with Crippen LogP contribution in [0.2, 0.25) is 0 Å². The summed E-state index contributed by atoms with van der Waals surface area (Å²) in [6, 6.07) is 0. The molecule has 0 radical (unpaired) electrons. The Labute approximate surface area is 81.8 Å². The van der Waals surface area contributed by atoms with Crippen molar-refractivity contribution in [1.82, 2.24) is 0 Å². The number of hydrogen-bond acceptors (Lipinski definition) is 4. The van der Waals surface area contributed by atoms with Gasteiger partial charge in [-0.25, -0.2) is 0 Å². The molecular formula is C3H4Li2O5. The molecule has 0 heterocycles. The van der Waals surface area contributed by atoms with Crippen LogP contribution in [0.3, 0.4) is 0 Å². The quantitative estimate of drug-likeness (QED) is 0.331. The number of rotatable bonds is 0. The third kappa shape index (κ3) is 89800. The third-order valence-electron chi connectivity index (χ3n) is 0. The molecule has 0 unspecified atom stereocenters. The maximum atomic E-state index is 9.00. The first-order valence-electron chi connectivity index (χ1n) is 1.54. The van der Waals surface area contributed by atoms with Crippen LogP contribution in [0.1, 0.15) is 6.92 Å². The van der Waals surface area contributed by atoms with Crippen molar-refractivity contribution in [3.8, 4) is 0 Å². The topological polar surface area (TPSA) is 100 Å². The summed E-state index contributed by atoms with van der Waals surface area (Å²) in [5.74, 6) is -0.833. The van der Waals surface area contributed by atoms with Gasteiger partial charge in [0.15, 0.2) is 0 Å². The van der Waals surface area contributed by atoms with Crippen molar-refractivity contribution >= 4 is 12.1 Å². The average molecular weight is 134 g/mol. The van der Waals surface area contributed by atoms with Crippen molar-refractivity contribution in [2.75, 3.05) is 0 Å². The molecule has 0 aromatic carbocycles. The molecule has 48 valence electrons. The molecule has 0 aliphatic heterocycles. The van der Waals surface area contributed by atoms with Crippen LogP contribution in [0.25, 0.3) is 0 Å². The third-order valence-corrected chi connectivity index (χ3v) is 0. The van der Waals surface area contributed by atoms with Crippen LogP contribution in [0, 0.1) is 0 Å². The van der Waals surface area contributed by atoms with Gasteiger partial charge in [0, 0.05) is 6.92 Å². The Morgan fingerprint density at radius 2 is 1.20 bits per heavy atom. The van der Waals surface area contributed by atoms with Crippen LogP contribution in [-0.4, -0.2) is 17.2 Å². The minimum atomic E-state index is -2.33. The molecule has 0 fully saturated rings. The van der Waals surface area contributed by atoms with Crippen LogP contribution in [-0.2, 0) is 4.79 Å². The van der Waals surface area contributed by atoms with E-state index in [0.717, 1.165) is 6.92 Å². The molecule has 0 rings (SSSR count). The van der Waals surface area contributed by atoms with E-state index in [2.05, 4.69) is 0 Å². The fourth-order valence-electron chi connectivity index (χ4n) is 0. The Bertz CT molecular complexity index is 72.9. The number of hydrogen-bond donors (Lipinski definition) is 1. The SMILES string of the molecule is CC(=O)O.O=C([O-])[O-].[Li+].[Li+]. The van der Waals surface area contributed by atoms with E-state index in [1.807, 2.05) is 0 Å². The molecule has 0 aromatic heterocycles. The van der Waals surface area contributed by atoms with Crippen molar-refractivity contribution in [2.24, 2.45) is 0 Å². The monoisotopic (exact) mass is 134 g/mol. The van der Waals surface area contributed by atoms with Gasteiger partial charge in [0.1, 0.15) is 0 Å². The van der Waals surface area contributed by atoms with Gasteiger partial charge in [0.25, 0.3) is 5.97 Å². The Balaban J connectivity index is -0.0000000300. The predicted molar refractivity (Wildman–Crippen MR) is 18.7 cm³/mol. The van der Waals surface area contributed by atoms with Gasteiger partial charge in [-0.3, -0.25) is 4.79 Å². The molecule has 0 aliphatic rings. The number of aliphatic carboxylic acids is 1. The van der Waals surface area contributed by atoms with E-state index in [-0.39, 0.29) is 37.7 Å². The summed E-state index contributed by atoms with van der Waals surface area (Å²) in [4.78, 5) is 17.3. The molecular weight excluding hydrogens is 130 g/mol. The fourth-order valence-corrected chi connectivity index (χ4v) is 0. The van der Waals surface area contributed by atoms with E-state index in [0.29, 0.717) is 0 Å². The van der Waals surface area contributed by atoms with Gasteiger partial charge in [-0.15, -0.1) is 0 Å². The molecule has 0 saturated heterocycles. The Morgan fingerprint density at radius 3 is 1.20 bits per heavy atom. The van der Waals surface area contributed by atoms with Gasteiger partial charge in [0.2, 0.25) is 0 Å². The normalized spacial score (nSPS) is 4.90. The number of carboxylic acids is 1. The van der Waals surface area contributed by atoms with Crippen molar-refractivity contribution in [3.63, 3.8) is 0 Å². The first kappa shape index (κ1) is 22.5. The second-order valence-electron chi connectivity index (χ2n) is 0.769. The van der Waals surface area contributed by atoms with Gasteiger partial charge in [-0.05, 0) is 6.16 Å². The average Bonchev–Trinajstić information content (AvgIpc) is 1.25. The summed E-state index contributed by atoms with van der Waals surface area (Å²) in [5, 5.41) is 24.1. The summed E-state index contributed by atoms with van der Waals surface area (Å²) >= 11 is 0. The molecule has 7 heteroatoms. The molecule has 0 atom stereocenters. The fraction of sp³-hybridized carbons (Fsp3) is 0.333. The van der Waals surface area contributed by atoms with Crippen LogP contribution in [0.4, 0.5) is 4.79 Å². The molecule has 0 saturated carbocycles. The number of carboxylic acid groups (broad SMARTS) is 3. The molecule has 10 heavy (non-hydrogen) atoms. The Hall–Kier alpha value is -0.0652. The molecule has 0 bridgehead atoms. The van der Waals surface area contributed by atoms with Gasteiger partial charge < -0.3 is 20.1 Å². The number of carbonyl (C=O) groups excluding carboxylic acids is 1.